The molecule has 0 spiro atoms. The average molecular weight is 377 g/mol. The van der Waals surface area contributed by atoms with E-state index in [4.69, 9.17) is 9.47 Å². The summed E-state index contributed by atoms with van der Waals surface area (Å²) in [5, 5.41) is 6.09. The van der Waals surface area contributed by atoms with Crippen LogP contribution >= 0.6 is 15.9 Å². The molecule has 2 aromatic rings. The zero-order valence-corrected chi connectivity index (χ0v) is 14.3. The molecule has 2 N–H and O–H groups in total. The molecular weight excluding hydrogens is 360 g/mol. The summed E-state index contributed by atoms with van der Waals surface area (Å²) in [5.41, 5.74) is 2.87. The quantitative estimate of drug-likeness (QED) is 0.829. The van der Waals surface area contributed by atoms with E-state index in [0.29, 0.717) is 30.2 Å². The third-order valence-corrected chi connectivity index (χ3v) is 4.36. The maximum Gasteiger partial charge on any atom is 0.231 e. The number of hydrogen-bond donors (Lipinski definition) is 2. The summed E-state index contributed by atoms with van der Waals surface area (Å²) < 4.78 is 11.6. The first-order chi connectivity index (χ1) is 11.1. The number of carbonyl (C=O) groups excluding carboxylic acids is 1. The lowest BCUT2D eigenvalue weighted by molar-refractivity contribution is -0.115. The van der Waals surface area contributed by atoms with Crippen LogP contribution in [0, 0.1) is 6.92 Å². The predicted octanol–water partition coefficient (Wildman–Crippen LogP) is 3.93. The second-order valence-corrected chi connectivity index (χ2v) is 6.11. The largest absolute Gasteiger partial charge is 0.454 e. The van der Waals surface area contributed by atoms with Gasteiger partial charge in [0.15, 0.2) is 11.5 Å². The molecule has 2 aromatic carbocycles. The number of benzene rings is 2. The Bertz CT molecular complexity index is 734. The van der Waals surface area contributed by atoms with E-state index in [1.54, 1.807) is 18.2 Å². The van der Waals surface area contributed by atoms with Crippen LogP contribution in [0.15, 0.2) is 40.9 Å². The number of nitrogens with one attached hydrogen (secondary N) is 2. The lowest BCUT2D eigenvalue weighted by Crippen LogP contribution is -2.16. The lowest BCUT2D eigenvalue weighted by atomic mass is 10.2. The van der Waals surface area contributed by atoms with Gasteiger partial charge in [-0.2, -0.15) is 0 Å². The molecule has 120 valence electrons. The maximum atomic E-state index is 12.0. The third-order valence-electron chi connectivity index (χ3n) is 3.51. The molecule has 0 saturated heterocycles. The van der Waals surface area contributed by atoms with Crippen molar-refractivity contribution in [3.8, 4) is 11.5 Å². The highest BCUT2D eigenvalue weighted by atomic mass is 79.9. The number of rotatable bonds is 5. The Kier molecular flexibility index (Phi) is 4.71. The Labute approximate surface area is 143 Å². The van der Waals surface area contributed by atoms with Crippen molar-refractivity contribution < 1.29 is 14.3 Å². The molecule has 1 heterocycles. The molecule has 6 heteroatoms. The van der Waals surface area contributed by atoms with Gasteiger partial charge < -0.3 is 20.1 Å². The van der Waals surface area contributed by atoms with Gasteiger partial charge in [-0.3, -0.25) is 4.79 Å². The van der Waals surface area contributed by atoms with Crippen LogP contribution < -0.4 is 20.1 Å². The fourth-order valence-corrected chi connectivity index (χ4v) is 2.60. The van der Waals surface area contributed by atoms with Gasteiger partial charge in [0.2, 0.25) is 12.7 Å². The van der Waals surface area contributed by atoms with Gasteiger partial charge in [0, 0.05) is 34.9 Å². The highest BCUT2D eigenvalue weighted by Gasteiger charge is 2.14. The Morgan fingerprint density at radius 1 is 1.13 bits per heavy atom. The molecule has 0 aliphatic carbocycles. The van der Waals surface area contributed by atoms with Gasteiger partial charge in [-0.1, -0.05) is 22.0 Å². The molecule has 0 bridgehead atoms. The van der Waals surface area contributed by atoms with Crippen LogP contribution in [0.5, 0.6) is 11.5 Å². The van der Waals surface area contributed by atoms with Crippen LogP contribution in [0.3, 0.4) is 0 Å². The molecular formula is C17H17BrN2O3. The van der Waals surface area contributed by atoms with E-state index in [9.17, 15) is 4.79 Å². The van der Waals surface area contributed by atoms with Crippen molar-refractivity contribution in [3.63, 3.8) is 0 Å². The molecule has 0 fully saturated rings. The van der Waals surface area contributed by atoms with E-state index in [1.165, 1.54) is 5.56 Å². The van der Waals surface area contributed by atoms with Gasteiger partial charge in [-0.15, -0.1) is 0 Å². The van der Waals surface area contributed by atoms with Crippen molar-refractivity contribution in [1.29, 1.82) is 0 Å². The minimum Gasteiger partial charge on any atom is -0.454 e. The van der Waals surface area contributed by atoms with Gasteiger partial charge in [0.1, 0.15) is 0 Å². The lowest BCUT2D eigenvalue weighted by Gasteiger charge is -2.09. The van der Waals surface area contributed by atoms with Crippen LogP contribution in [0.1, 0.15) is 12.0 Å². The smallest absolute Gasteiger partial charge is 0.231 e. The van der Waals surface area contributed by atoms with E-state index >= 15 is 0 Å². The average Bonchev–Trinajstić information content (AvgIpc) is 2.98. The van der Waals surface area contributed by atoms with Crippen LogP contribution in [0.2, 0.25) is 0 Å². The van der Waals surface area contributed by atoms with Crippen LogP contribution in [0.4, 0.5) is 11.4 Å². The molecule has 5 nitrogen and oxygen atoms in total. The van der Waals surface area contributed by atoms with E-state index in [1.807, 2.05) is 25.1 Å². The molecule has 1 aliphatic rings. The molecule has 0 unspecified atom stereocenters. The standard InChI is InChI=1S/C17H17BrN2O3/c1-11-2-3-12(8-14(11)18)19-7-6-17(21)20-13-4-5-15-16(9-13)23-10-22-15/h2-5,8-9,19H,6-7,10H2,1H3,(H,20,21). The number of fused-ring (bicyclic) bond motifs is 1. The minimum absolute atomic E-state index is 0.0532. The second kappa shape index (κ2) is 6.91. The summed E-state index contributed by atoms with van der Waals surface area (Å²) in [5.74, 6) is 1.31. The highest BCUT2D eigenvalue weighted by Crippen LogP contribution is 2.34. The zero-order chi connectivity index (χ0) is 16.2. The predicted molar refractivity (Wildman–Crippen MR) is 93.2 cm³/mol. The monoisotopic (exact) mass is 376 g/mol. The van der Waals surface area contributed by atoms with Crippen molar-refractivity contribution in [2.75, 3.05) is 24.0 Å². The van der Waals surface area contributed by atoms with Gasteiger partial charge in [-0.05, 0) is 36.8 Å². The Balaban J connectivity index is 1.49. The van der Waals surface area contributed by atoms with Crippen molar-refractivity contribution in [1.82, 2.24) is 0 Å². The summed E-state index contributed by atoms with van der Waals surface area (Å²) >= 11 is 3.49. The normalized spacial score (nSPS) is 12.1. The molecule has 0 radical (unpaired) electrons. The fourth-order valence-electron chi connectivity index (χ4n) is 2.22. The summed E-state index contributed by atoms with van der Waals surface area (Å²) in [6.45, 7) is 2.82. The SMILES string of the molecule is Cc1ccc(NCCC(=O)Nc2ccc3c(c2)OCO3)cc1Br. The van der Waals surface area contributed by atoms with Crippen LogP contribution in [-0.2, 0) is 4.79 Å². The Morgan fingerprint density at radius 2 is 1.91 bits per heavy atom. The first kappa shape index (κ1) is 15.7. The number of anilines is 2. The molecule has 3 rings (SSSR count). The van der Waals surface area contributed by atoms with Crippen LogP contribution in [-0.4, -0.2) is 19.2 Å². The summed E-state index contributed by atoms with van der Waals surface area (Å²) in [6, 6.07) is 11.4. The van der Waals surface area contributed by atoms with Crippen molar-refractivity contribution in [2.24, 2.45) is 0 Å². The van der Waals surface area contributed by atoms with E-state index in [2.05, 4.69) is 26.6 Å². The fraction of sp³-hybridized carbons (Fsp3) is 0.235. The third kappa shape index (κ3) is 3.96. The number of hydrogen-bond acceptors (Lipinski definition) is 4. The Hall–Kier alpha value is -2.21. The number of ether oxygens (including phenoxy) is 2. The summed E-state index contributed by atoms with van der Waals surface area (Å²) in [4.78, 5) is 12.0. The molecule has 1 aliphatic heterocycles. The van der Waals surface area contributed by atoms with E-state index < -0.39 is 0 Å². The van der Waals surface area contributed by atoms with Crippen LogP contribution in [0.25, 0.3) is 0 Å². The minimum atomic E-state index is -0.0532. The first-order valence-electron chi connectivity index (χ1n) is 7.31. The molecule has 0 atom stereocenters. The van der Waals surface area contributed by atoms with Gasteiger partial charge in [0.25, 0.3) is 0 Å². The van der Waals surface area contributed by atoms with Crippen molar-refractivity contribution >= 4 is 33.2 Å². The van der Waals surface area contributed by atoms with Gasteiger partial charge >= 0.3 is 0 Å². The van der Waals surface area contributed by atoms with E-state index in [0.717, 1.165) is 10.2 Å². The molecule has 0 aromatic heterocycles. The molecule has 1 amide bonds. The van der Waals surface area contributed by atoms with E-state index in [-0.39, 0.29) is 12.7 Å². The van der Waals surface area contributed by atoms with Crippen molar-refractivity contribution in [2.45, 2.75) is 13.3 Å². The highest BCUT2D eigenvalue weighted by molar-refractivity contribution is 9.10. The zero-order valence-electron chi connectivity index (χ0n) is 12.7. The molecule has 23 heavy (non-hydrogen) atoms. The van der Waals surface area contributed by atoms with Crippen molar-refractivity contribution in [3.05, 3.63) is 46.4 Å². The number of halogens is 1. The second-order valence-electron chi connectivity index (χ2n) is 5.26. The number of amides is 1. The first-order valence-corrected chi connectivity index (χ1v) is 8.10. The summed E-state index contributed by atoms with van der Waals surface area (Å²) in [6.07, 6.45) is 0.375. The summed E-state index contributed by atoms with van der Waals surface area (Å²) in [7, 11) is 0. The van der Waals surface area contributed by atoms with Gasteiger partial charge in [0.05, 0.1) is 0 Å². The molecule has 0 saturated carbocycles. The number of carbonyl (C=O) groups is 1. The maximum absolute atomic E-state index is 12.0. The number of aryl methyl sites for hydroxylation is 1. The van der Waals surface area contributed by atoms with Gasteiger partial charge in [-0.25, -0.2) is 0 Å². The topological polar surface area (TPSA) is 59.6 Å². The Morgan fingerprint density at radius 3 is 2.74 bits per heavy atom.